The van der Waals surface area contributed by atoms with Gasteiger partial charge in [0.2, 0.25) is 0 Å². The van der Waals surface area contributed by atoms with Crippen molar-refractivity contribution in [1.82, 2.24) is 24.9 Å². The van der Waals surface area contributed by atoms with Gasteiger partial charge in [-0.2, -0.15) is 0 Å². The molecule has 0 bridgehead atoms. The van der Waals surface area contributed by atoms with Crippen LogP contribution in [0.2, 0.25) is 0 Å². The lowest BCUT2D eigenvalue weighted by molar-refractivity contribution is 0.600. The average molecular weight is 556 g/mol. The maximum absolute atomic E-state index is 4.97. The van der Waals surface area contributed by atoms with Crippen LogP contribution in [0.1, 0.15) is 18.9 Å². The van der Waals surface area contributed by atoms with Crippen LogP contribution in [0, 0.1) is 0 Å². The number of rotatable bonds is 6. The molecule has 0 radical (unpaired) electrons. The van der Waals surface area contributed by atoms with E-state index in [-0.39, 0.29) is 5.41 Å². The Labute approximate surface area is 251 Å². The van der Waals surface area contributed by atoms with E-state index in [9.17, 15) is 0 Å². The molecule has 1 unspecified atom stereocenters. The third-order valence-corrected chi connectivity index (χ3v) is 7.86. The monoisotopic (exact) mass is 555 g/mol. The molecule has 206 valence electrons. The molecule has 0 N–H and O–H groups in total. The number of pyridine rings is 2. The minimum atomic E-state index is -0.0168. The number of aromatic nitrogens is 5. The van der Waals surface area contributed by atoms with Crippen molar-refractivity contribution in [3.8, 4) is 56.7 Å². The maximum atomic E-state index is 4.97. The van der Waals surface area contributed by atoms with E-state index in [1.54, 1.807) is 6.20 Å². The zero-order valence-electron chi connectivity index (χ0n) is 23.8. The van der Waals surface area contributed by atoms with Gasteiger partial charge in [0.1, 0.15) is 0 Å². The van der Waals surface area contributed by atoms with Gasteiger partial charge in [0.15, 0.2) is 17.5 Å². The number of benzene rings is 3. The van der Waals surface area contributed by atoms with Crippen molar-refractivity contribution < 1.29 is 0 Å². The molecule has 3 heterocycles. The molecule has 7 rings (SSSR count). The van der Waals surface area contributed by atoms with Gasteiger partial charge in [-0.05, 0) is 42.3 Å². The van der Waals surface area contributed by atoms with Gasteiger partial charge in [0.25, 0.3) is 0 Å². The lowest BCUT2D eigenvalue weighted by Crippen LogP contribution is -2.19. The lowest BCUT2D eigenvalue weighted by atomic mass is 9.77. The molecule has 1 aliphatic carbocycles. The molecule has 0 fully saturated rings. The van der Waals surface area contributed by atoms with Gasteiger partial charge < -0.3 is 0 Å². The largest absolute Gasteiger partial charge is 0.256 e. The fourth-order valence-electron chi connectivity index (χ4n) is 5.36. The molecule has 6 aromatic rings. The van der Waals surface area contributed by atoms with Crippen LogP contribution in [-0.2, 0) is 5.41 Å². The van der Waals surface area contributed by atoms with Crippen molar-refractivity contribution in [1.29, 1.82) is 0 Å². The second-order valence-corrected chi connectivity index (χ2v) is 10.9. The van der Waals surface area contributed by atoms with Crippen LogP contribution < -0.4 is 0 Å². The molecule has 3 aromatic carbocycles. The highest BCUT2D eigenvalue weighted by molar-refractivity contribution is 5.72. The van der Waals surface area contributed by atoms with E-state index in [0.717, 1.165) is 45.6 Å². The van der Waals surface area contributed by atoms with Crippen molar-refractivity contribution in [3.63, 3.8) is 0 Å². The number of hydrogen-bond acceptors (Lipinski definition) is 5. The number of allylic oxidation sites excluding steroid dienone is 4. The van der Waals surface area contributed by atoms with E-state index < -0.39 is 0 Å². The summed E-state index contributed by atoms with van der Waals surface area (Å²) >= 11 is 0. The van der Waals surface area contributed by atoms with Crippen molar-refractivity contribution in [2.75, 3.05) is 0 Å². The highest BCUT2D eigenvalue weighted by Crippen LogP contribution is 2.34. The summed E-state index contributed by atoms with van der Waals surface area (Å²) in [5.41, 5.74) is 7.78. The molecule has 3 aromatic heterocycles. The Morgan fingerprint density at radius 1 is 0.535 bits per heavy atom. The molecule has 0 amide bonds. The normalized spacial score (nSPS) is 15.8. The maximum Gasteiger partial charge on any atom is 0.164 e. The summed E-state index contributed by atoms with van der Waals surface area (Å²) in [5, 5.41) is 0. The van der Waals surface area contributed by atoms with E-state index in [0.29, 0.717) is 17.5 Å². The van der Waals surface area contributed by atoms with Crippen molar-refractivity contribution in [3.05, 3.63) is 151 Å². The molecule has 1 aliphatic rings. The summed E-state index contributed by atoms with van der Waals surface area (Å²) in [7, 11) is 0. The summed E-state index contributed by atoms with van der Waals surface area (Å²) in [6, 6.07) is 36.8. The van der Waals surface area contributed by atoms with Crippen LogP contribution in [0.5, 0.6) is 0 Å². The Morgan fingerprint density at radius 2 is 1.19 bits per heavy atom. The van der Waals surface area contributed by atoms with Gasteiger partial charge in [-0.25, -0.2) is 15.0 Å². The quantitative estimate of drug-likeness (QED) is 0.206. The topological polar surface area (TPSA) is 64.5 Å². The van der Waals surface area contributed by atoms with Crippen LogP contribution in [0.15, 0.2) is 146 Å². The molecule has 0 aliphatic heterocycles. The summed E-state index contributed by atoms with van der Waals surface area (Å²) in [4.78, 5) is 24.0. The molecule has 0 saturated carbocycles. The van der Waals surface area contributed by atoms with Crippen LogP contribution in [0.3, 0.4) is 0 Å². The Kier molecular flexibility index (Phi) is 6.97. The first-order valence-corrected chi connectivity index (χ1v) is 14.4. The van der Waals surface area contributed by atoms with Gasteiger partial charge in [-0.3, -0.25) is 9.97 Å². The summed E-state index contributed by atoms with van der Waals surface area (Å²) < 4.78 is 0. The first kappa shape index (κ1) is 26.4. The Hall–Kier alpha value is -5.55. The highest BCUT2D eigenvalue weighted by Gasteiger charge is 2.23. The van der Waals surface area contributed by atoms with Gasteiger partial charge in [0, 0.05) is 45.6 Å². The van der Waals surface area contributed by atoms with Crippen LogP contribution >= 0.6 is 0 Å². The SMILES string of the molecule is CC1(c2ccc(-c3nc(-c4ccccc4)nc(-c4cccc(-c5ccc(-c6ccccn6)cn5)c4)n3)cc2)C=CC=CC1. The van der Waals surface area contributed by atoms with E-state index in [2.05, 4.69) is 78.7 Å². The van der Waals surface area contributed by atoms with Gasteiger partial charge >= 0.3 is 0 Å². The molecule has 0 spiro atoms. The Bertz CT molecular complexity index is 1930. The van der Waals surface area contributed by atoms with Crippen molar-refractivity contribution >= 4 is 0 Å². The van der Waals surface area contributed by atoms with E-state index in [1.807, 2.05) is 72.9 Å². The standard InChI is InChI=1S/C38H29N5/c1-38(22-7-3-8-23-38)32-19-16-28(17-20-32)36-41-35(27-11-4-2-5-12-27)42-37(43-36)30-14-10-13-29(25-30)34-21-18-31(26-40-34)33-15-6-9-24-39-33/h2-22,24-26H,23H2,1H3. The molecule has 5 nitrogen and oxygen atoms in total. The van der Waals surface area contributed by atoms with E-state index >= 15 is 0 Å². The summed E-state index contributed by atoms with van der Waals surface area (Å²) in [5.74, 6) is 1.90. The Morgan fingerprint density at radius 3 is 1.86 bits per heavy atom. The number of nitrogens with zero attached hydrogens (tertiary/aromatic N) is 5. The van der Waals surface area contributed by atoms with Crippen molar-refractivity contribution in [2.24, 2.45) is 0 Å². The van der Waals surface area contributed by atoms with Gasteiger partial charge in [-0.1, -0.05) is 110 Å². The fourth-order valence-corrected chi connectivity index (χ4v) is 5.36. The van der Waals surface area contributed by atoms with E-state index in [1.165, 1.54) is 5.56 Å². The van der Waals surface area contributed by atoms with Crippen molar-refractivity contribution in [2.45, 2.75) is 18.8 Å². The molecule has 0 saturated heterocycles. The third kappa shape index (κ3) is 5.53. The second kappa shape index (κ2) is 11.4. The first-order valence-electron chi connectivity index (χ1n) is 14.4. The first-order chi connectivity index (χ1) is 21.1. The van der Waals surface area contributed by atoms with E-state index in [4.69, 9.17) is 19.9 Å². The minimum Gasteiger partial charge on any atom is -0.256 e. The van der Waals surface area contributed by atoms with Crippen LogP contribution in [-0.4, -0.2) is 24.9 Å². The smallest absolute Gasteiger partial charge is 0.164 e. The predicted octanol–water partition coefficient (Wildman–Crippen LogP) is 8.77. The molecule has 43 heavy (non-hydrogen) atoms. The zero-order valence-corrected chi connectivity index (χ0v) is 23.8. The minimum absolute atomic E-state index is 0.0168. The highest BCUT2D eigenvalue weighted by atomic mass is 15.0. The molecular weight excluding hydrogens is 526 g/mol. The lowest BCUT2D eigenvalue weighted by Gasteiger charge is -2.27. The molecular formula is C38H29N5. The predicted molar refractivity (Wildman–Crippen MR) is 173 cm³/mol. The van der Waals surface area contributed by atoms with Gasteiger partial charge in [-0.15, -0.1) is 0 Å². The average Bonchev–Trinajstić information content (AvgIpc) is 3.09. The third-order valence-electron chi connectivity index (χ3n) is 7.86. The zero-order chi connectivity index (χ0) is 29.1. The van der Waals surface area contributed by atoms with Crippen LogP contribution in [0.25, 0.3) is 56.7 Å². The van der Waals surface area contributed by atoms with Gasteiger partial charge in [0.05, 0.1) is 11.4 Å². The summed E-state index contributed by atoms with van der Waals surface area (Å²) in [6.07, 6.45) is 13.4. The molecule has 1 atom stereocenters. The molecule has 5 heteroatoms. The fraction of sp³-hybridized carbons (Fsp3) is 0.0789. The number of hydrogen-bond donors (Lipinski definition) is 0. The Balaban J connectivity index is 1.26. The van der Waals surface area contributed by atoms with Crippen LogP contribution in [0.4, 0.5) is 0 Å². The second-order valence-electron chi connectivity index (χ2n) is 10.9. The summed E-state index contributed by atoms with van der Waals surface area (Å²) in [6.45, 7) is 2.27.